The Morgan fingerprint density at radius 3 is 1.19 bits per heavy atom. The highest BCUT2D eigenvalue weighted by molar-refractivity contribution is 5.85. The van der Waals surface area contributed by atoms with E-state index < -0.39 is 11.4 Å². The molecule has 0 fully saturated rings. The van der Waals surface area contributed by atoms with Gasteiger partial charge in [0.2, 0.25) is 0 Å². The summed E-state index contributed by atoms with van der Waals surface area (Å²) in [5.41, 5.74) is -0.936. The fourth-order valence-corrected chi connectivity index (χ4v) is 0.306. The van der Waals surface area contributed by atoms with Crippen LogP contribution in [0.25, 0.3) is 0 Å². The van der Waals surface area contributed by atoms with Gasteiger partial charge in [-0.25, -0.2) is 0 Å². The van der Waals surface area contributed by atoms with Crippen LogP contribution in [0.3, 0.4) is 0 Å². The Bertz CT molecular complexity index is 223. The number of hydrogen-bond acceptors (Lipinski definition) is 3. The van der Waals surface area contributed by atoms with Crippen LogP contribution in [0.15, 0.2) is 0 Å². The maximum Gasteiger partial charge on any atom is 0.310 e. The predicted octanol–water partition coefficient (Wildman–Crippen LogP) is 2.74. The number of rotatable bonds is 0. The number of carboxylic acid groups (broad SMARTS) is 1. The lowest BCUT2D eigenvalue weighted by Gasteiger charge is -2.13. The van der Waals surface area contributed by atoms with Crippen LogP contribution in [0.4, 0.5) is 0 Å². The van der Waals surface area contributed by atoms with E-state index in [-0.39, 0.29) is 23.8 Å². The van der Waals surface area contributed by atoms with Crippen molar-refractivity contribution in [2.75, 3.05) is 7.11 Å². The quantitative estimate of drug-likeness (QED) is 0.675. The molecule has 0 unspecified atom stereocenters. The van der Waals surface area contributed by atoms with Crippen molar-refractivity contribution in [3.63, 3.8) is 0 Å². The maximum atomic E-state index is 10.6. The van der Waals surface area contributed by atoms with Gasteiger partial charge in [0.1, 0.15) is 0 Å². The SMILES string of the molecule is CC(C)(C)C(=O)O.COC(=O)C(C)(C)C.Cl. The van der Waals surface area contributed by atoms with Gasteiger partial charge < -0.3 is 9.84 Å². The normalized spacial score (nSPS) is 10.4. The first kappa shape index (κ1) is 20.6. The number of halogens is 1. The molecule has 0 radical (unpaired) electrons. The van der Waals surface area contributed by atoms with Crippen LogP contribution in [0.1, 0.15) is 41.5 Å². The van der Waals surface area contributed by atoms with Crippen LogP contribution >= 0.6 is 12.4 Å². The van der Waals surface area contributed by atoms with Crippen molar-refractivity contribution in [2.24, 2.45) is 10.8 Å². The topological polar surface area (TPSA) is 63.6 Å². The zero-order valence-corrected chi connectivity index (χ0v) is 11.9. The lowest BCUT2D eigenvalue weighted by molar-refractivity contribution is -0.149. The highest BCUT2D eigenvalue weighted by Crippen LogP contribution is 2.13. The molecule has 0 aromatic heterocycles. The summed E-state index contributed by atoms with van der Waals surface area (Å²) in [6.45, 7) is 10.4. The summed E-state index contributed by atoms with van der Waals surface area (Å²) >= 11 is 0. The number of carboxylic acids is 1. The van der Waals surface area contributed by atoms with Gasteiger partial charge >= 0.3 is 11.9 Å². The minimum atomic E-state index is -0.757. The Hall–Kier alpha value is -0.770. The summed E-state index contributed by atoms with van der Waals surface area (Å²) in [5, 5.41) is 8.25. The lowest BCUT2D eigenvalue weighted by Crippen LogP contribution is -2.21. The maximum absolute atomic E-state index is 10.6. The van der Waals surface area contributed by atoms with Crippen LogP contribution in [-0.4, -0.2) is 24.2 Å². The van der Waals surface area contributed by atoms with E-state index in [2.05, 4.69) is 4.74 Å². The van der Waals surface area contributed by atoms with Crippen molar-refractivity contribution in [3.8, 4) is 0 Å². The van der Waals surface area contributed by atoms with E-state index in [9.17, 15) is 9.59 Å². The predicted molar refractivity (Wildman–Crippen MR) is 65.8 cm³/mol. The van der Waals surface area contributed by atoms with Gasteiger partial charge in [0.05, 0.1) is 17.9 Å². The van der Waals surface area contributed by atoms with Crippen molar-refractivity contribution in [3.05, 3.63) is 0 Å². The molecule has 1 N–H and O–H groups in total. The minimum Gasteiger partial charge on any atom is -0.481 e. The molecule has 0 amide bonds. The van der Waals surface area contributed by atoms with Crippen LogP contribution in [0.2, 0.25) is 0 Å². The zero-order valence-electron chi connectivity index (χ0n) is 11.1. The monoisotopic (exact) mass is 254 g/mol. The van der Waals surface area contributed by atoms with Crippen molar-refractivity contribution in [2.45, 2.75) is 41.5 Å². The van der Waals surface area contributed by atoms with E-state index in [0.717, 1.165) is 0 Å². The molecule has 0 atom stereocenters. The van der Waals surface area contributed by atoms with Crippen LogP contribution in [0, 0.1) is 10.8 Å². The van der Waals surface area contributed by atoms with Gasteiger partial charge in [-0.2, -0.15) is 0 Å². The molecule has 0 aliphatic heterocycles. The summed E-state index contributed by atoms with van der Waals surface area (Å²) in [6.07, 6.45) is 0. The van der Waals surface area contributed by atoms with Crippen molar-refractivity contribution < 1.29 is 19.4 Å². The molecule has 0 aromatic carbocycles. The van der Waals surface area contributed by atoms with Crippen molar-refractivity contribution >= 4 is 24.3 Å². The Kier molecular flexibility index (Phi) is 9.66. The summed E-state index contributed by atoms with van der Waals surface area (Å²) in [5.74, 6) is -0.926. The fourth-order valence-electron chi connectivity index (χ4n) is 0.306. The molecule has 0 bridgehead atoms. The van der Waals surface area contributed by atoms with E-state index in [1.54, 1.807) is 20.8 Å². The molecule has 0 saturated carbocycles. The number of esters is 1. The van der Waals surface area contributed by atoms with Crippen LogP contribution in [-0.2, 0) is 14.3 Å². The van der Waals surface area contributed by atoms with Crippen molar-refractivity contribution in [1.82, 2.24) is 0 Å². The van der Waals surface area contributed by atoms with Gasteiger partial charge in [0.15, 0.2) is 0 Å². The van der Waals surface area contributed by atoms with Gasteiger partial charge in [0.25, 0.3) is 0 Å². The third kappa shape index (κ3) is 11.3. The summed E-state index contributed by atoms with van der Waals surface area (Å²) in [4.78, 5) is 20.6. The number of carbonyl (C=O) groups is 2. The Morgan fingerprint density at radius 2 is 1.19 bits per heavy atom. The molecule has 0 aliphatic carbocycles. The average Bonchev–Trinajstić information content (AvgIpc) is 2.00. The van der Waals surface area contributed by atoms with Crippen LogP contribution in [0.5, 0.6) is 0 Å². The molecule has 0 spiro atoms. The highest BCUT2D eigenvalue weighted by Gasteiger charge is 2.21. The molecule has 0 saturated heterocycles. The number of ether oxygens (including phenoxy) is 1. The van der Waals surface area contributed by atoms with Crippen LogP contribution < -0.4 is 0 Å². The summed E-state index contributed by atoms with van der Waals surface area (Å²) in [6, 6.07) is 0. The smallest absolute Gasteiger partial charge is 0.310 e. The molecule has 4 nitrogen and oxygen atoms in total. The lowest BCUT2D eigenvalue weighted by atomic mass is 9.98. The average molecular weight is 255 g/mol. The van der Waals surface area contributed by atoms with E-state index in [1.165, 1.54) is 7.11 Å². The molecule has 16 heavy (non-hydrogen) atoms. The first-order chi connectivity index (χ1) is 6.42. The number of aliphatic carboxylic acids is 1. The molecule has 5 heteroatoms. The number of hydrogen-bond donors (Lipinski definition) is 1. The Labute approximate surface area is 104 Å². The van der Waals surface area contributed by atoms with Gasteiger partial charge in [0, 0.05) is 0 Å². The first-order valence-corrected chi connectivity index (χ1v) is 4.74. The highest BCUT2D eigenvalue weighted by atomic mass is 35.5. The van der Waals surface area contributed by atoms with E-state index in [4.69, 9.17) is 5.11 Å². The third-order valence-corrected chi connectivity index (χ3v) is 1.44. The molecule has 0 rings (SSSR count). The first-order valence-electron chi connectivity index (χ1n) is 4.74. The molecular formula is C11H23ClO4. The molecule has 98 valence electrons. The standard InChI is InChI=1S/C6H12O2.C5H10O2.ClH/c1-6(2,3)5(7)8-4;1-5(2,3)4(6)7;/h1-4H3;1-3H3,(H,6,7);1H. The van der Waals surface area contributed by atoms with Gasteiger partial charge in [-0.1, -0.05) is 0 Å². The van der Waals surface area contributed by atoms with Gasteiger partial charge in [-0.3, -0.25) is 9.59 Å². The molecule has 0 aromatic rings. The second kappa shape index (κ2) is 7.49. The summed E-state index contributed by atoms with van der Waals surface area (Å²) < 4.78 is 4.48. The largest absolute Gasteiger partial charge is 0.481 e. The summed E-state index contributed by atoms with van der Waals surface area (Å²) in [7, 11) is 1.40. The van der Waals surface area contributed by atoms with Crippen molar-refractivity contribution in [1.29, 1.82) is 0 Å². The molecule has 0 aliphatic rings. The van der Waals surface area contributed by atoms with E-state index in [1.807, 2.05) is 20.8 Å². The second-order valence-corrected chi connectivity index (χ2v) is 5.30. The van der Waals surface area contributed by atoms with Gasteiger partial charge in [-0.15, -0.1) is 12.4 Å². The van der Waals surface area contributed by atoms with Gasteiger partial charge in [-0.05, 0) is 41.5 Å². The van der Waals surface area contributed by atoms with E-state index in [0.29, 0.717) is 0 Å². The minimum absolute atomic E-state index is 0. The third-order valence-electron chi connectivity index (χ3n) is 1.44. The fraction of sp³-hybridized carbons (Fsp3) is 0.818. The second-order valence-electron chi connectivity index (χ2n) is 5.30. The number of carbonyl (C=O) groups excluding carboxylic acids is 1. The molecular weight excluding hydrogens is 232 g/mol. The van der Waals surface area contributed by atoms with E-state index >= 15 is 0 Å². The zero-order chi connectivity index (χ0) is 12.9. The molecule has 0 heterocycles. The Balaban J connectivity index is -0.000000200. The number of methoxy groups -OCH3 is 1. The Morgan fingerprint density at radius 1 is 0.938 bits per heavy atom.